The highest BCUT2D eigenvalue weighted by molar-refractivity contribution is 5.54. The second kappa shape index (κ2) is 6.04. The molecule has 0 aromatic heterocycles. The smallest absolute Gasteiger partial charge is 0.0825 e. The zero-order valence-corrected chi connectivity index (χ0v) is 8.05. The largest absolute Gasteiger partial charge is 0.374 e. The molecule has 0 amide bonds. The van der Waals surface area contributed by atoms with Gasteiger partial charge < -0.3 is 5.32 Å². The lowest BCUT2D eigenvalue weighted by Crippen LogP contribution is -2.26. The molecule has 0 radical (unpaired) electrons. The highest BCUT2D eigenvalue weighted by Crippen LogP contribution is 2.16. The van der Waals surface area contributed by atoms with Crippen molar-refractivity contribution in [2.24, 2.45) is 4.99 Å². The van der Waals surface area contributed by atoms with Gasteiger partial charge in [0.25, 0.3) is 0 Å². The third kappa shape index (κ3) is 3.74. The molecule has 1 rings (SSSR count). The summed E-state index contributed by atoms with van der Waals surface area (Å²) in [4.78, 5) is 4.16. The molecular weight excluding hydrogens is 148 g/mol. The molecule has 0 aromatic carbocycles. The molecule has 0 spiro atoms. The van der Waals surface area contributed by atoms with Crippen LogP contribution in [0.2, 0.25) is 0 Å². The van der Waals surface area contributed by atoms with Crippen LogP contribution >= 0.6 is 0 Å². The molecule has 0 bridgehead atoms. The van der Waals surface area contributed by atoms with Crippen LogP contribution in [-0.2, 0) is 0 Å². The lowest BCUT2D eigenvalue weighted by Gasteiger charge is -2.12. The average molecular weight is 168 g/mol. The average Bonchev–Trinajstić information content (AvgIpc) is 2.33. The van der Waals surface area contributed by atoms with Crippen LogP contribution in [0, 0.1) is 0 Å². The molecule has 2 heteroatoms. The molecule has 0 aromatic rings. The Bertz CT molecular complexity index is 124. The van der Waals surface area contributed by atoms with Crippen molar-refractivity contribution < 1.29 is 0 Å². The van der Waals surface area contributed by atoms with Gasteiger partial charge in [-0.3, -0.25) is 4.99 Å². The highest BCUT2D eigenvalue weighted by Gasteiger charge is 2.09. The molecule has 0 heterocycles. The lowest BCUT2D eigenvalue weighted by atomic mass is 10.1. The number of hydrogen-bond donors (Lipinski definition) is 1. The number of hydrogen-bond acceptors (Lipinski definition) is 1. The normalized spacial score (nSPS) is 21.1. The summed E-state index contributed by atoms with van der Waals surface area (Å²) in [5.41, 5.74) is 0. The van der Waals surface area contributed by atoms with Crippen molar-refractivity contribution in [2.45, 2.75) is 51.5 Å². The van der Waals surface area contributed by atoms with Crippen molar-refractivity contribution >= 4 is 6.34 Å². The summed E-state index contributed by atoms with van der Waals surface area (Å²) in [7, 11) is 0. The minimum absolute atomic E-state index is 0.697. The Morgan fingerprint density at radius 3 is 2.50 bits per heavy atom. The molecule has 2 nitrogen and oxygen atoms in total. The van der Waals surface area contributed by atoms with E-state index in [4.69, 9.17) is 0 Å². The van der Waals surface area contributed by atoms with Gasteiger partial charge in [0.1, 0.15) is 0 Å². The number of aliphatic imine (C=N–C) groups is 1. The fraction of sp³-hybridized carbons (Fsp3) is 0.900. The predicted octanol–water partition coefficient (Wildman–Crippen LogP) is 2.35. The van der Waals surface area contributed by atoms with Crippen LogP contribution in [-0.4, -0.2) is 18.9 Å². The van der Waals surface area contributed by atoms with Gasteiger partial charge in [0, 0.05) is 12.6 Å². The van der Waals surface area contributed by atoms with E-state index in [1.165, 1.54) is 38.5 Å². The zero-order valence-electron chi connectivity index (χ0n) is 8.05. The first-order chi connectivity index (χ1) is 5.93. The van der Waals surface area contributed by atoms with E-state index < -0.39 is 0 Å². The molecule has 0 atom stereocenters. The fourth-order valence-corrected chi connectivity index (χ4v) is 1.70. The Morgan fingerprint density at radius 2 is 1.92 bits per heavy atom. The summed E-state index contributed by atoms with van der Waals surface area (Å²) >= 11 is 0. The van der Waals surface area contributed by atoms with Gasteiger partial charge in [0.15, 0.2) is 0 Å². The van der Waals surface area contributed by atoms with Gasteiger partial charge >= 0.3 is 0 Å². The molecule has 12 heavy (non-hydrogen) atoms. The molecule has 1 N–H and O–H groups in total. The standard InChI is InChI=1S/C10H20N2/c1-2-11-9-12-10-7-5-3-4-6-8-10/h9-10H,2-8H2,1H3,(H,11,12). The van der Waals surface area contributed by atoms with Gasteiger partial charge in [-0.1, -0.05) is 25.7 Å². The van der Waals surface area contributed by atoms with E-state index in [9.17, 15) is 0 Å². The Morgan fingerprint density at radius 1 is 1.25 bits per heavy atom. The van der Waals surface area contributed by atoms with Crippen molar-refractivity contribution in [1.29, 1.82) is 0 Å². The minimum atomic E-state index is 0.697. The van der Waals surface area contributed by atoms with E-state index in [0.717, 1.165) is 6.54 Å². The number of rotatable bonds is 3. The van der Waals surface area contributed by atoms with Crippen molar-refractivity contribution in [3.63, 3.8) is 0 Å². The molecule has 70 valence electrons. The monoisotopic (exact) mass is 168 g/mol. The summed E-state index contributed by atoms with van der Waals surface area (Å²) in [6.45, 7) is 2.95. The van der Waals surface area contributed by atoms with Crippen molar-refractivity contribution in [2.75, 3.05) is 6.54 Å². The zero-order chi connectivity index (χ0) is 8.65. The first-order valence-electron chi connectivity index (χ1n) is 5.18. The van der Waals surface area contributed by atoms with Crippen LogP contribution in [0.5, 0.6) is 0 Å². The maximum Gasteiger partial charge on any atom is 0.0825 e. The Hall–Kier alpha value is -0.530. The molecule has 0 unspecified atom stereocenters. The van der Waals surface area contributed by atoms with Crippen LogP contribution < -0.4 is 5.32 Å². The molecule has 1 aliphatic carbocycles. The Balaban J connectivity index is 2.16. The van der Waals surface area contributed by atoms with E-state index >= 15 is 0 Å². The second-order valence-corrected chi connectivity index (χ2v) is 3.48. The SMILES string of the molecule is CCN=CNC1CCCCCC1. The second-order valence-electron chi connectivity index (χ2n) is 3.48. The maximum absolute atomic E-state index is 4.16. The van der Waals surface area contributed by atoms with Gasteiger partial charge in [-0.2, -0.15) is 0 Å². The van der Waals surface area contributed by atoms with Crippen molar-refractivity contribution in [3.8, 4) is 0 Å². The first kappa shape index (κ1) is 9.56. The first-order valence-corrected chi connectivity index (χ1v) is 5.18. The lowest BCUT2D eigenvalue weighted by molar-refractivity contribution is 0.537. The van der Waals surface area contributed by atoms with Gasteiger partial charge in [0.05, 0.1) is 6.34 Å². The van der Waals surface area contributed by atoms with Crippen LogP contribution in [0.3, 0.4) is 0 Å². The maximum atomic E-state index is 4.16. The Labute approximate surface area is 75.5 Å². The summed E-state index contributed by atoms with van der Waals surface area (Å²) in [6.07, 6.45) is 10.2. The van der Waals surface area contributed by atoms with Crippen LogP contribution in [0.25, 0.3) is 0 Å². The third-order valence-corrected chi connectivity index (χ3v) is 2.44. The number of nitrogens with zero attached hydrogens (tertiary/aromatic N) is 1. The Kier molecular flexibility index (Phi) is 4.81. The molecular formula is C10H20N2. The topological polar surface area (TPSA) is 24.4 Å². The number of nitrogens with one attached hydrogen (secondary N) is 1. The highest BCUT2D eigenvalue weighted by atomic mass is 15.0. The van der Waals surface area contributed by atoms with E-state index in [0.29, 0.717) is 6.04 Å². The summed E-state index contributed by atoms with van der Waals surface area (Å²) in [6, 6.07) is 0.697. The quantitative estimate of drug-likeness (QED) is 0.390. The van der Waals surface area contributed by atoms with Crippen molar-refractivity contribution in [3.05, 3.63) is 0 Å². The molecule has 0 saturated heterocycles. The van der Waals surface area contributed by atoms with Crippen LogP contribution in [0.1, 0.15) is 45.4 Å². The van der Waals surface area contributed by atoms with E-state index in [-0.39, 0.29) is 0 Å². The van der Waals surface area contributed by atoms with Crippen LogP contribution in [0.15, 0.2) is 4.99 Å². The van der Waals surface area contributed by atoms with E-state index in [1.807, 2.05) is 6.34 Å². The van der Waals surface area contributed by atoms with Gasteiger partial charge in [0.2, 0.25) is 0 Å². The molecule has 0 aliphatic heterocycles. The van der Waals surface area contributed by atoms with E-state index in [2.05, 4.69) is 17.2 Å². The molecule has 1 saturated carbocycles. The van der Waals surface area contributed by atoms with Gasteiger partial charge in [-0.05, 0) is 19.8 Å². The van der Waals surface area contributed by atoms with Gasteiger partial charge in [-0.15, -0.1) is 0 Å². The summed E-state index contributed by atoms with van der Waals surface area (Å²) < 4.78 is 0. The fourth-order valence-electron chi connectivity index (χ4n) is 1.70. The molecule has 1 fully saturated rings. The minimum Gasteiger partial charge on any atom is -0.374 e. The summed E-state index contributed by atoms with van der Waals surface area (Å²) in [5.74, 6) is 0. The van der Waals surface area contributed by atoms with E-state index in [1.54, 1.807) is 0 Å². The third-order valence-electron chi connectivity index (χ3n) is 2.44. The predicted molar refractivity (Wildman–Crippen MR) is 53.7 cm³/mol. The van der Waals surface area contributed by atoms with Gasteiger partial charge in [-0.25, -0.2) is 0 Å². The van der Waals surface area contributed by atoms with Crippen molar-refractivity contribution in [1.82, 2.24) is 5.32 Å². The van der Waals surface area contributed by atoms with Crippen LogP contribution in [0.4, 0.5) is 0 Å². The molecule has 1 aliphatic rings. The summed E-state index contributed by atoms with van der Waals surface area (Å²) in [5, 5.41) is 3.37.